The second kappa shape index (κ2) is 6.04. The first-order valence-corrected chi connectivity index (χ1v) is 7.42. The van der Waals surface area contributed by atoms with E-state index in [1.165, 1.54) is 0 Å². The van der Waals surface area contributed by atoms with Gasteiger partial charge in [-0.2, -0.15) is 0 Å². The number of anilines is 1. The molecule has 1 aromatic rings. The second-order valence-electron chi connectivity index (χ2n) is 5.59. The average Bonchev–Trinajstić information content (AvgIpc) is 3.00. The smallest absolute Gasteiger partial charge is 0.323 e. The van der Waals surface area contributed by atoms with Gasteiger partial charge in [0.2, 0.25) is 0 Å². The molecule has 5 N–H and O–H groups in total. The van der Waals surface area contributed by atoms with Gasteiger partial charge >= 0.3 is 6.03 Å². The zero-order valence-corrected chi connectivity index (χ0v) is 12.6. The molecule has 23 heavy (non-hydrogen) atoms. The number of nitrogens with one attached hydrogen (secondary N) is 3. The lowest BCUT2D eigenvalue weighted by Gasteiger charge is -2.23. The van der Waals surface area contributed by atoms with Crippen molar-refractivity contribution in [3.8, 4) is 0 Å². The van der Waals surface area contributed by atoms with Crippen LogP contribution < -0.4 is 26.6 Å². The molecular weight excluding hydrogens is 294 g/mol. The monoisotopic (exact) mass is 313 g/mol. The molecule has 1 atom stereocenters. The molecule has 0 aromatic heterocycles. The Kier molecular flexibility index (Phi) is 3.92. The van der Waals surface area contributed by atoms with Gasteiger partial charge in [-0.05, 0) is 18.6 Å². The van der Waals surface area contributed by atoms with Gasteiger partial charge in [0.05, 0.1) is 11.4 Å². The minimum absolute atomic E-state index is 0.00283. The highest BCUT2D eigenvalue weighted by Crippen LogP contribution is 2.20. The number of nitrogens with two attached hydrogens (primary N) is 1. The normalized spacial score (nSPS) is 21.0. The average molecular weight is 313 g/mol. The number of hydrogen-bond donors (Lipinski definition) is 4. The number of benzene rings is 1. The van der Waals surface area contributed by atoms with Crippen LogP contribution in [-0.2, 0) is 4.79 Å². The number of hydrogen-bond acceptors (Lipinski definition) is 4. The molecule has 3 amide bonds. The van der Waals surface area contributed by atoms with E-state index in [0.29, 0.717) is 0 Å². The van der Waals surface area contributed by atoms with Gasteiger partial charge in [-0.3, -0.25) is 4.79 Å². The van der Waals surface area contributed by atoms with Gasteiger partial charge in [-0.1, -0.05) is 24.8 Å². The summed E-state index contributed by atoms with van der Waals surface area (Å²) in [4.78, 5) is 26.0. The number of carbonyl (C=O) groups is 2. The molecule has 7 heteroatoms. The molecule has 2 heterocycles. The van der Waals surface area contributed by atoms with Crippen LogP contribution in [0.2, 0.25) is 0 Å². The van der Waals surface area contributed by atoms with E-state index >= 15 is 0 Å². The molecule has 1 unspecified atom stereocenters. The second-order valence-corrected chi connectivity index (χ2v) is 5.59. The van der Waals surface area contributed by atoms with Crippen molar-refractivity contribution in [2.75, 3.05) is 18.0 Å². The van der Waals surface area contributed by atoms with Crippen LogP contribution in [0.5, 0.6) is 0 Å². The lowest BCUT2D eigenvalue weighted by Crippen LogP contribution is -2.49. The molecule has 1 fully saturated rings. The van der Waals surface area contributed by atoms with Gasteiger partial charge < -0.3 is 26.6 Å². The number of para-hydroxylation sites is 1. The van der Waals surface area contributed by atoms with Crippen molar-refractivity contribution in [1.29, 1.82) is 0 Å². The molecule has 0 aliphatic carbocycles. The maximum atomic E-state index is 12.3. The summed E-state index contributed by atoms with van der Waals surface area (Å²) < 4.78 is 0. The van der Waals surface area contributed by atoms with E-state index in [2.05, 4.69) is 27.4 Å². The lowest BCUT2D eigenvalue weighted by molar-refractivity contribution is -0.118. The zero-order chi connectivity index (χ0) is 16.4. The summed E-state index contributed by atoms with van der Waals surface area (Å²) >= 11 is 0. The van der Waals surface area contributed by atoms with Gasteiger partial charge in [0, 0.05) is 24.8 Å². The lowest BCUT2D eigenvalue weighted by atomic mass is 10.2. The van der Waals surface area contributed by atoms with Crippen molar-refractivity contribution < 1.29 is 9.59 Å². The van der Waals surface area contributed by atoms with Gasteiger partial charge in [0.25, 0.3) is 5.91 Å². The van der Waals surface area contributed by atoms with Crippen molar-refractivity contribution >= 4 is 17.6 Å². The molecule has 1 saturated heterocycles. The van der Waals surface area contributed by atoms with Crippen LogP contribution in [0.3, 0.4) is 0 Å². The highest BCUT2D eigenvalue weighted by Gasteiger charge is 2.28. The number of amides is 3. The standard InChI is InChI=1S/C16H19N5O2/c1-10-13(17)14(20-16(23)18-10)15(22)19-11-7-8-21(9-11)12-5-3-2-4-6-12/h2-6,11H,1,7-9,17H2,(H,19,22)(H2,18,20,23). The molecule has 0 radical (unpaired) electrons. The number of urea groups is 1. The minimum Gasteiger partial charge on any atom is -0.395 e. The molecule has 1 aromatic carbocycles. The predicted molar refractivity (Wildman–Crippen MR) is 87.2 cm³/mol. The van der Waals surface area contributed by atoms with Crippen molar-refractivity contribution in [3.63, 3.8) is 0 Å². The van der Waals surface area contributed by atoms with Crippen molar-refractivity contribution in [1.82, 2.24) is 16.0 Å². The Bertz CT molecular complexity index is 683. The number of carbonyl (C=O) groups excluding carboxylic acids is 2. The molecular formula is C16H19N5O2. The Hall–Kier alpha value is -2.96. The summed E-state index contributed by atoms with van der Waals surface area (Å²) in [5, 5.41) is 7.77. The quantitative estimate of drug-likeness (QED) is 0.648. The summed E-state index contributed by atoms with van der Waals surface area (Å²) in [6, 6.07) is 9.53. The molecule has 0 saturated carbocycles. The highest BCUT2D eigenvalue weighted by molar-refractivity contribution is 6.00. The van der Waals surface area contributed by atoms with Crippen molar-refractivity contribution in [2.45, 2.75) is 12.5 Å². The fourth-order valence-electron chi connectivity index (χ4n) is 2.76. The Labute approximate surface area is 134 Å². The Morgan fingerprint density at radius 2 is 2.04 bits per heavy atom. The van der Waals surface area contributed by atoms with Crippen LogP contribution in [0.4, 0.5) is 10.5 Å². The molecule has 0 bridgehead atoms. The highest BCUT2D eigenvalue weighted by atomic mass is 16.2. The van der Waals surface area contributed by atoms with Crippen molar-refractivity contribution in [3.05, 3.63) is 54.0 Å². The van der Waals surface area contributed by atoms with E-state index in [4.69, 9.17) is 5.73 Å². The summed E-state index contributed by atoms with van der Waals surface area (Å²) in [5.41, 5.74) is 7.38. The first-order chi connectivity index (χ1) is 11.0. The first-order valence-electron chi connectivity index (χ1n) is 7.42. The number of nitrogens with zero attached hydrogens (tertiary/aromatic N) is 1. The maximum Gasteiger partial charge on any atom is 0.323 e. The Morgan fingerprint density at radius 1 is 1.30 bits per heavy atom. The van der Waals surface area contributed by atoms with Crippen LogP contribution in [0, 0.1) is 0 Å². The zero-order valence-electron chi connectivity index (χ0n) is 12.6. The van der Waals surface area contributed by atoms with Gasteiger partial charge in [-0.15, -0.1) is 0 Å². The summed E-state index contributed by atoms with van der Waals surface area (Å²) in [6.07, 6.45) is 0.834. The number of rotatable bonds is 3. The third-order valence-electron chi connectivity index (χ3n) is 3.97. The molecule has 7 nitrogen and oxygen atoms in total. The van der Waals surface area contributed by atoms with Crippen LogP contribution in [0.25, 0.3) is 0 Å². The van der Waals surface area contributed by atoms with E-state index in [0.717, 1.165) is 25.2 Å². The maximum absolute atomic E-state index is 12.3. The van der Waals surface area contributed by atoms with Gasteiger partial charge in [-0.25, -0.2) is 4.79 Å². The largest absolute Gasteiger partial charge is 0.395 e. The Balaban J connectivity index is 1.64. The van der Waals surface area contributed by atoms with E-state index in [-0.39, 0.29) is 23.1 Å². The molecule has 2 aliphatic rings. The molecule has 3 rings (SSSR count). The Morgan fingerprint density at radius 3 is 2.78 bits per heavy atom. The molecule has 2 aliphatic heterocycles. The fourth-order valence-corrected chi connectivity index (χ4v) is 2.76. The van der Waals surface area contributed by atoms with E-state index < -0.39 is 11.9 Å². The van der Waals surface area contributed by atoms with E-state index in [1.807, 2.05) is 30.3 Å². The van der Waals surface area contributed by atoms with Crippen LogP contribution >= 0.6 is 0 Å². The summed E-state index contributed by atoms with van der Waals surface area (Å²) in [6.45, 7) is 5.20. The van der Waals surface area contributed by atoms with Gasteiger partial charge in [0.1, 0.15) is 5.70 Å². The minimum atomic E-state index is -0.508. The summed E-state index contributed by atoms with van der Waals surface area (Å²) in [5.74, 6) is -0.390. The van der Waals surface area contributed by atoms with Gasteiger partial charge in [0.15, 0.2) is 0 Å². The summed E-state index contributed by atoms with van der Waals surface area (Å²) in [7, 11) is 0. The van der Waals surface area contributed by atoms with E-state index in [9.17, 15) is 9.59 Å². The molecule has 120 valence electrons. The third kappa shape index (κ3) is 3.13. The fraction of sp³-hybridized carbons (Fsp3) is 0.250. The van der Waals surface area contributed by atoms with Crippen LogP contribution in [0.15, 0.2) is 54.0 Å². The van der Waals surface area contributed by atoms with E-state index in [1.54, 1.807) is 0 Å². The predicted octanol–water partition coefficient (Wildman–Crippen LogP) is 0.378. The van der Waals surface area contributed by atoms with Crippen LogP contribution in [0.1, 0.15) is 6.42 Å². The third-order valence-corrected chi connectivity index (χ3v) is 3.97. The molecule has 0 spiro atoms. The first kappa shape index (κ1) is 15.0. The SMILES string of the molecule is C=C1NC(=O)NC(C(=O)NC2CCN(c3ccccc3)C2)=C1N. The van der Waals surface area contributed by atoms with Crippen LogP contribution in [-0.4, -0.2) is 31.1 Å². The topological polar surface area (TPSA) is 99.5 Å². The van der Waals surface area contributed by atoms with Crippen molar-refractivity contribution in [2.24, 2.45) is 5.73 Å².